The second kappa shape index (κ2) is 5.97. The molecule has 1 atom stereocenters. The number of carbonyl (C=O) groups excluding carboxylic acids is 2. The second-order valence-electron chi connectivity index (χ2n) is 3.03. The maximum absolute atomic E-state index is 11.1. The highest BCUT2D eigenvalue weighted by atomic mass is 16.4. The van der Waals surface area contributed by atoms with Crippen molar-refractivity contribution in [1.82, 2.24) is 10.2 Å². The van der Waals surface area contributed by atoms with Gasteiger partial charge >= 0.3 is 5.97 Å². The summed E-state index contributed by atoms with van der Waals surface area (Å²) < 4.78 is 0. The smallest absolute Gasteiger partial charge is 0.334 e. The van der Waals surface area contributed by atoms with Crippen molar-refractivity contribution in [2.75, 3.05) is 20.1 Å². The number of carboxylic acids is 1. The lowest BCUT2D eigenvalue weighted by atomic mass is 10.3. The molecule has 0 heterocycles. The van der Waals surface area contributed by atoms with Crippen LogP contribution < -0.4 is 5.32 Å². The molecule has 0 rings (SSSR count). The molecule has 0 saturated heterocycles. The Labute approximate surface area is 86.7 Å². The zero-order chi connectivity index (χ0) is 12.0. The molecule has 0 bridgehead atoms. The topological polar surface area (TPSA) is 107 Å². The first-order valence-electron chi connectivity index (χ1n) is 4.24. The monoisotopic (exact) mass is 218 g/mol. The van der Waals surface area contributed by atoms with E-state index >= 15 is 0 Å². The number of nitrogens with zero attached hydrogens (tertiary/aromatic N) is 1. The van der Waals surface area contributed by atoms with Crippen molar-refractivity contribution in [3.63, 3.8) is 0 Å². The Hall–Kier alpha value is -1.63. The van der Waals surface area contributed by atoms with Gasteiger partial charge in [0.1, 0.15) is 0 Å². The molecule has 0 aromatic heterocycles. The minimum Gasteiger partial charge on any atom is -0.479 e. The highest BCUT2D eigenvalue weighted by Crippen LogP contribution is 1.84. The number of aliphatic hydroxyl groups is 1. The molecule has 0 fully saturated rings. The van der Waals surface area contributed by atoms with Crippen molar-refractivity contribution in [2.24, 2.45) is 0 Å². The van der Waals surface area contributed by atoms with Gasteiger partial charge in [0.05, 0.1) is 13.1 Å². The summed E-state index contributed by atoms with van der Waals surface area (Å²) in [4.78, 5) is 33.1. The molecule has 0 spiro atoms. The Morgan fingerprint density at radius 1 is 1.40 bits per heavy atom. The van der Waals surface area contributed by atoms with Gasteiger partial charge in [-0.15, -0.1) is 0 Å². The van der Waals surface area contributed by atoms with Crippen molar-refractivity contribution in [1.29, 1.82) is 0 Å². The van der Waals surface area contributed by atoms with Gasteiger partial charge in [-0.25, -0.2) is 4.79 Å². The molecule has 0 unspecified atom stereocenters. The maximum atomic E-state index is 11.1. The Kier molecular flexibility index (Phi) is 5.32. The van der Waals surface area contributed by atoms with Crippen molar-refractivity contribution in [3.05, 3.63) is 0 Å². The average Bonchev–Trinajstić information content (AvgIpc) is 2.13. The van der Waals surface area contributed by atoms with Gasteiger partial charge in [-0.2, -0.15) is 0 Å². The number of hydrogen-bond acceptors (Lipinski definition) is 4. The van der Waals surface area contributed by atoms with Crippen molar-refractivity contribution >= 4 is 17.8 Å². The van der Waals surface area contributed by atoms with Gasteiger partial charge in [0.15, 0.2) is 6.10 Å². The van der Waals surface area contributed by atoms with Gasteiger partial charge in [0.25, 0.3) is 0 Å². The Balaban J connectivity index is 3.85. The molecule has 0 aromatic rings. The molecule has 0 saturated carbocycles. The van der Waals surface area contributed by atoms with E-state index in [1.165, 1.54) is 18.9 Å². The van der Waals surface area contributed by atoms with Crippen LogP contribution in [0.5, 0.6) is 0 Å². The van der Waals surface area contributed by atoms with Gasteiger partial charge in [0, 0.05) is 14.0 Å². The highest BCUT2D eigenvalue weighted by molar-refractivity contribution is 5.84. The highest BCUT2D eigenvalue weighted by Gasteiger charge is 2.15. The van der Waals surface area contributed by atoms with E-state index in [1.54, 1.807) is 0 Å². The molecule has 7 heteroatoms. The van der Waals surface area contributed by atoms with Crippen molar-refractivity contribution in [2.45, 2.75) is 13.0 Å². The lowest BCUT2D eigenvalue weighted by molar-refractivity contribution is -0.146. The normalized spacial score (nSPS) is 11.7. The van der Waals surface area contributed by atoms with Gasteiger partial charge < -0.3 is 20.4 Å². The lowest BCUT2D eigenvalue weighted by Gasteiger charge is -2.14. The summed E-state index contributed by atoms with van der Waals surface area (Å²) in [6.45, 7) is 0.765. The van der Waals surface area contributed by atoms with E-state index in [9.17, 15) is 14.4 Å². The summed E-state index contributed by atoms with van der Waals surface area (Å²) in [6, 6.07) is 0. The summed E-state index contributed by atoms with van der Waals surface area (Å²) >= 11 is 0. The number of aliphatic hydroxyl groups excluding tert-OH is 1. The Morgan fingerprint density at radius 3 is 2.33 bits per heavy atom. The molecular formula is C8H14N2O5. The number of aliphatic carboxylic acids is 1. The van der Waals surface area contributed by atoms with Crippen LogP contribution in [-0.2, 0) is 14.4 Å². The van der Waals surface area contributed by atoms with Crippen LogP contribution >= 0.6 is 0 Å². The van der Waals surface area contributed by atoms with E-state index in [2.05, 4.69) is 5.32 Å². The molecule has 15 heavy (non-hydrogen) atoms. The third-order valence-electron chi connectivity index (χ3n) is 1.70. The van der Waals surface area contributed by atoms with Crippen LogP contribution in [0.4, 0.5) is 0 Å². The fourth-order valence-corrected chi connectivity index (χ4v) is 0.680. The number of carboxylic acid groups (broad SMARTS) is 1. The molecule has 0 aliphatic carbocycles. The molecule has 0 aromatic carbocycles. The van der Waals surface area contributed by atoms with Crippen LogP contribution in [0.2, 0.25) is 0 Å². The average molecular weight is 218 g/mol. The Bertz CT molecular complexity index is 266. The molecule has 7 nitrogen and oxygen atoms in total. The predicted octanol–water partition coefficient (Wildman–Crippen LogP) is -1.97. The summed E-state index contributed by atoms with van der Waals surface area (Å²) in [5, 5.41) is 19.3. The molecule has 0 aliphatic rings. The zero-order valence-corrected chi connectivity index (χ0v) is 8.56. The minimum atomic E-state index is -1.63. The molecule has 86 valence electrons. The fraction of sp³-hybridized carbons (Fsp3) is 0.625. The van der Waals surface area contributed by atoms with Crippen molar-refractivity contribution in [3.8, 4) is 0 Å². The predicted molar refractivity (Wildman–Crippen MR) is 50.0 cm³/mol. The third kappa shape index (κ3) is 5.63. The number of hydrogen-bond donors (Lipinski definition) is 3. The SMILES string of the molecule is CC(=O)N(C)CC(=O)NC[C@H](O)C(=O)O. The summed E-state index contributed by atoms with van der Waals surface area (Å²) in [5.74, 6) is -2.20. The van der Waals surface area contributed by atoms with Crippen LogP contribution in [0.25, 0.3) is 0 Å². The van der Waals surface area contributed by atoms with Gasteiger partial charge in [-0.05, 0) is 0 Å². The van der Waals surface area contributed by atoms with E-state index in [1.807, 2.05) is 0 Å². The maximum Gasteiger partial charge on any atom is 0.334 e. The quantitative estimate of drug-likeness (QED) is 0.496. The summed E-state index contributed by atoms with van der Waals surface area (Å²) in [7, 11) is 1.44. The third-order valence-corrected chi connectivity index (χ3v) is 1.70. The molecule has 0 aliphatic heterocycles. The number of nitrogens with one attached hydrogen (secondary N) is 1. The molecular weight excluding hydrogens is 204 g/mol. The van der Waals surface area contributed by atoms with Crippen LogP contribution in [0, 0.1) is 0 Å². The molecule has 2 amide bonds. The molecule has 3 N–H and O–H groups in total. The van der Waals surface area contributed by atoms with E-state index in [0.29, 0.717) is 0 Å². The van der Waals surface area contributed by atoms with E-state index < -0.39 is 18.0 Å². The van der Waals surface area contributed by atoms with Crippen molar-refractivity contribution < 1.29 is 24.6 Å². The standard InChI is InChI=1S/C8H14N2O5/c1-5(11)10(2)4-7(13)9-3-6(12)8(14)15/h6,12H,3-4H2,1-2H3,(H,9,13)(H,14,15)/t6-/m0/s1. The largest absolute Gasteiger partial charge is 0.479 e. The van der Waals surface area contributed by atoms with Gasteiger partial charge in [-0.3, -0.25) is 9.59 Å². The second-order valence-corrected chi connectivity index (χ2v) is 3.03. The van der Waals surface area contributed by atoms with Crippen LogP contribution in [-0.4, -0.2) is 59.1 Å². The van der Waals surface area contributed by atoms with E-state index in [4.69, 9.17) is 10.2 Å². The lowest BCUT2D eigenvalue weighted by Crippen LogP contribution is -2.42. The first kappa shape index (κ1) is 13.4. The van der Waals surface area contributed by atoms with Crippen LogP contribution in [0.15, 0.2) is 0 Å². The minimum absolute atomic E-state index is 0.165. The van der Waals surface area contributed by atoms with E-state index in [0.717, 1.165) is 0 Å². The first-order valence-corrected chi connectivity index (χ1v) is 4.24. The van der Waals surface area contributed by atoms with Crippen LogP contribution in [0.1, 0.15) is 6.92 Å². The Morgan fingerprint density at radius 2 is 1.93 bits per heavy atom. The van der Waals surface area contributed by atoms with Gasteiger partial charge in [-0.1, -0.05) is 0 Å². The summed E-state index contributed by atoms with van der Waals surface area (Å²) in [6.07, 6.45) is -1.63. The number of likely N-dealkylation sites (N-methyl/N-ethyl adjacent to an activating group) is 1. The molecule has 0 radical (unpaired) electrons. The fourth-order valence-electron chi connectivity index (χ4n) is 0.680. The summed E-state index contributed by atoms with van der Waals surface area (Å²) in [5.41, 5.74) is 0. The van der Waals surface area contributed by atoms with E-state index in [-0.39, 0.29) is 19.0 Å². The number of carbonyl (C=O) groups is 3. The number of amides is 2. The first-order chi connectivity index (χ1) is 6.84. The number of rotatable bonds is 5. The van der Waals surface area contributed by atoms with Gasteiger partial charge in [0.2, 0.25) is 11.8 Å². The zero-order valence-electron chi connectivity index (χ0n) is 8.56. The van der Waals surface area contributed by atoms with Crippen LogP contribution in [0.3, 0.4) is 0 Å².